The van der Waals surface area contributed by atoms with Crippen LogP contribution in [0.2, 0.25) is 5.02 Å². The van der Waals surface area contributed by atoms with Crippen molar-refractivity contribution in [2.75, 3.05) is 6.61 Å². The third-order valence-corrected chi connectivity index (χ3v) is 2.29. The second-order valence-corrected chi connectivity index (χ2v) is 4.00. The zero-order valence-electron chi connectivity index (χ0n) is 9.32. The summed E-state index contributed by atoms with van der Waals surface area (Å²) in [5, 5.41) is 8.76. The Kier molecular flexibility index (Phi) is 4.06. The predicted molar refractivity (Wildman–Crippen MR) is 59.0 cm³/mol. The lowest BCUT2D eigenvalue weighted by Crippen LogP contribution is -2.12. The zero-order valence-corrected chi connectivity index (χ0v) is 10.1. The van der Waals surface area contributed by atoms with Crippen LogP contribution in [-0.4, -0.2) is 27.7 Å². The molecule has 0 radical (unpaired) electrons. The molecule has 88 valence electrons. The largest absolute Gasteiger partial charge is 0.479 e. The Labute approximate surface area is 98.4 Å². The molecular weight excluding hydrogens is 232 g/mol. The minimum Gasteiger partial charge on any atom is -0.479 e. The molecule has 16 heavy (non-hydrogen) atoms. The van der Waals surface area contributed by atoms with Crippen molar-refractivity contribution in [2.24, 2.45) is 0 Å². The molecule has 5 nitrogen and oxygen atoms in total. The Morgan fingerprint density at radius 1 is 1.50 bits per heavy atom. The van der Waals surface area contributed by atoms with Crippen LogP contribution in [0.25, 0.3) is 0 Å². The number of hydrogen-bond donors (Lipinski definition) is 1. The number of halogens is 1. The number of aliphatic carboxylic acids is 1. The summed E-state index contributed by atoms with van der Waals surface area (Å²) in [6.07, 6.45) is 0. The fourth-order valence-electron chi connectivity index (χ4n) is 1.04. The van der Waals surface area contributed by atoms with Crippen LogP contribution >= 0.6 is 11.6 Å². The van der Waals surface area contributed by atoms with Gasteiger partial charge in [-0.25, -0.2) is 9.78 Å². The van der Waals surface area contributed by atoms with E-state index in [-0.39, 0.29) is 16.8 Å². The number of ether oxygens (including phenoxy) is 1. The number of nitrogens with zero attached hydrogens (tertiary/aromatic N) is 2. The molecule has 0 bridgehead atoms. The number of carbonyl (C=O) groups is 1. The minimum absolute atomic E-state index is 0.125. The quantitative estimate of drug-likeness (QED) is 0.877. The van der Waals surface area contributed by atoms with Crippen molar-refractivity contribution in [3.8, 4) is 5.88 Å². The number of carboxylic acids is 1. The molecule has 1 aromatic rings. The lowest BCUT2D eigenvalue weighted by atomic mass is 10.2. The highest BCUT2D eigenvalue weighted by Gasteiger charge is 2.14. The van der Waals surface area contributed by atoms with Gasteiger partial charge in [0.1, 0.15) is 10.8 Å². The lowest BCUT2D eigenvalue weighted by molar-refractivity contribution is -0.139. The molecule has 0 unspecified atom stereocenters. The van der Waals surface area contributed by atoms with Crippen LogP contribution in [-0.2, 0) is 4.79 Å². The molecular formula is C10H13ClN2O3. The van der Waals surface area contributed by atoms with Crippen molar-refractivity contribution >= 4 is 17.6 Å². The fraction of sp³-hybridized carbons (Fsp3) is 0.500. The van der Waals surface area contributed by atoms with Gasteiger partial charge in [0.05, 0.1) is 5.69 Å². The normalized spacial score (nSPS) is 10.6. The molecule has 6 heteroatoms. The predicted octanol–water partition coefficient (Wildman–Crippen LogP) is 2.03. The van der Waals surface area contributed by atoms with E-state index in [9.17, 15) is 4.79 Å². The number of aryl methyl sites for hydroxylation is 1. The molecule has 0 atom stereocenters. The van der Waals surface area contributed by atoms with Crippen LogP contribution in [0.4, 0.5) is 0 Å². The molecule has 1 heterocycles. The maximum atomic E-state index is 10.4. The van der Waals surface area contributed by atoms with Crippen molar-refractivity contribution in [3.05, 3.63) is 16.5 Å². The smallest absolute Gasteiger partial charge is 0.341 e. The molecule has 0 saturated heterocycles. The topological polar surface area (TPSA) is 72.3 Å². The standard InChI is InChI=1S/C10H13ClN2O3/c1-5(2)9-12-6(3)8(11)10(13-9)16-4-7(14)15/h5H,4H2,1-3H3,(H,14,15). The fourth-order valence-corrected chi connectivity index (χ4v) is 1.18. The van der Waals surface area contributed by atoms with E-state index >= 15 is 0 Å². The number of hydrogen-bond acceptors (Lipinski definition) is 4. The van der Waals surface area contributed by atoms with Gasteiger partial charge < -0.3 is 9.84 Å². The highest BCUT2D eigenvalue weighted by atomic mass is 35.5. The van der Waals surface area contributed by atoms with E-state index in [1.165, 1.54) is 0 Å². The monoisotopic (exact) mass is 244 g/mol. The summed E-state index contributed by atoms with van der Waals surface area (Å²) in [6, 6.07) is 0. The molecule has 0 aromatic carbocycles. The van der Waals surface area contributed by atoms with Crippen LogP contribution < -0.4 is 4.74 Å². The Bertz CT molecular complexity index is 407. The summed E-state index contributed by atoms with van der Waals surface area (Å²) < 4.78 is 4.99. The van der Waals surface area contributed by atoms with Gasteiger partial charge in [-0.15, -0.1) is 0 Å². The summed E-state index contributed by atoms with van der Waals surface area (Å²) in [5.74, 6) is -0.232. The van der Waals surface area contributed by atoms with Crippen molar-refractivity contribution in [3.63, 3.8) is 0 Å². The summed E-state index contributed by atoms with van der Waals surface area (Å²) in [4.78, 5) is 18.6. The van der Waals surface area contributed by atoms with Gasteiger partial charge in [0.15, 0.2) is 6.61 Å². The summed E-state index contributed by atoms with van der Waals surface area (Å²) in [7, 11) is 0. The van der Waals surface area contributed by atoms with Crippen molar-refractivity contribution < 1.29 is 14.6 Å². The molecule has 0 spiro atoms. The first-order chi connectivity index (χ1) is 7.41. The van der Waals surface area contributed by atoms with Gasteiger partial charge in [-0.1, -0.05) is 25.4 Å². The third kappa shape index (κ3) is 3.06. The average molecular weight is 245 g/mol. The molecule has 1 N–H and O–H groups in total. The summed E-state index contributed by atoms with van der Waals surface area (Å²) in [5.41, 5.74) is 0.584. The van der Waals surface area contributed by atoms with Gasteiger partial charge in [-0.3, -0.25) is 0 Å². The van der Waals surface area contributed by atoms with Crippen molar-refractivity contribution in [1.29, 1.82) is 0 Å². The van der Waals surface area contributed by atoms with E-state index < -0.39 is 12.6 Å². The highest BCUT2D eigenvalue weighted by molar-refractivity contribution is 6.32. The second kappa shape index (κ2) is 5.12. The van der Waals surface area contributed by atoms with E-state index in [1.807, 2.05) is 13.8 Å². The number of aromatic nitrogens is 2. The minimum atomic E-state index is -1.07. The number of carboxylic acid groups (broad SMARTS) is 1. The van der Waals surface area contributed by atoms with E-state index in [0.717, 1.165) is 0 Å². The maximum absolute atomic E-state index is 10.4. The first kappa shape index (κ1) is 12.7. The molecule has 0 fully saturated rings. The molecule has 0 aliphatic rings. The summed E-state index contributed by atoms with van der Waals surface area (Å²) in [6.45, 7) is 5.13. The molecule has 1 rings (SSSR count). The van der Waals surface area contributed by atoms with Crippen LogP contribution in [0.3, 0.4) is 0 Å². The van der Waals surface area contributed by atoms with Crippen LogP contribution in [0.15, 0.2) is 0 Å². The van der Waals surface area contributed by atoms with Crippen molar-refractivity contribution in [2.45, 2.75) is 26.7 Å². The van der Waals surface area contributed by atoms with Gasteiger partial charge >= 0.3 is 5.97 Å². The molecule has 0 aliphatic carbocycles. The van der Waals surface area contributed by atoms with E-state index in [1.54, 1.807) is 6.92 Å². The maximum Gasteiger partial charge on any atom is 0.341 e. The van der Waals surface area contributed by atoms with Gasteiger partial charge in [0.25, 0.3) is 0 Å². The Morgan fingerprint density at radius 3 is 2.62 bits per heavy atom. The molecule has 0 aliphatic heterocycles. The summed E-state index contributed by atoms with van der Waals surface area (Å²) >= 11 is 5.91. The van der Waals surface area contributed by atoms with E-state index in [2.05, 4.69) is 9.97 Å². The van der Waals surface area contributed by atoms with E-state index in [0.29, 0.717) is 11.5 Å². The molecule has 1 aromatic heterocycles. The van der Waals surface area contributed by atoms with E-state index in [4.69, 9.17) is 21.4 Å². The van der Waals surface area contributed by atoms with Gasteiger partial charge in [-0.2, -0.15) is 4.98 Å². The second-order valence-electron chi connectivity index (χ2n) is 3.62. The Hall–Kier alpha value is -1.36. The van der Waals surface area contributed by atoms with Gasteiger partial charge in [0.2, 0.25) is 5.88 Å². The first-order valence-electron chi connectivity index (χ1n) is 4.80. The third-order valence-electron chi connectivity index (χ3n) is 1.85. The molecule has 0 amide bonds. The zero-order chi connectivity index (χ0) is 12.3. The van der Waals surface area contributed by atoms with Gasteiger partial charge in [-0.05, 0) is 6.92 Å². The van der Waals surface area contributed by atoms with Gasteiger partial charge in [0, 0.05) is 5.92 Å². The first-order valence-corrected chi connectivity index (χ1v) is 5.18. The Morgan fingerprint density at radius 2 is 2.12 bits per heavy atom. The molecule has 0 saturated carbocycles. The SMILES string of the molecule is Cc1nc(C(C)C)nc(OCC(=O)O)c1Cl. The highest BCUT2D eigenvalue weighted by Crippen LogP contribution is 2.26. The van der Waals surface area contributed by atoms with Crippen LogP contribution in [0.1, 0.15) is 31.3 Å². The Balaban J connectivity index is 3.01. The number of rotatable bonds is 4. The lowest BCUT2D eigenvalue weighted by Gasteiger charge is -2.10. The van der Waals surface area contributed by atoms with Crippen molar-refractivity contribution in [1.82, 2.24) is 9.97 Å². The van der Waals surface area contributed by atoms with Crippen LogP contribution in [0, 0.1) is 6.92 Å². The average Bonchev–Trinajstić information content (AvgIpc) is 2.19. The van der Waals surface area contributed by atoms with Crippen LogP contribution in [0.5, 0.6) is 5.88 Å².